The van der Waals surface area contributed by atoms with E-state index in [2.05, 4.69) is 50.3 Å². The number of unbranched alkanes of at least 4 members (excludes halogenated alkanes) is 7. The van der Waals surface area contributed by atoms with Crippen LogP contribution in [-0.4, -0.2) is 13.2 Å². The number of benzene rings is 1. The van der Waals surface area contributed by atoms with E-state index in [1.807, 2.05) is 7.11 Å². The first-order chi connectivity index (χ1) is 11.8. The summed E-state index contributed by atoms with van der Waals surface area (Å²) in [5.41, 5.74) is 2.81. The van der Waals surface area contributed by atoms with E-state index in [-0.39, 0.29) is 0 Å². The molecule has 1 atom stereocenters. The number of allylic oxidation sites excluding steroid dienone is 1. The minimum atomic E-state index is 0.351. The second-order valence-corrected chi connectivity index (χ2v) is 6.86. The van der Waals surface area contributed by atoms with Crippen LogP contribution in [0.15, 0.2) is 36.4 Å². The van der Waals surface area contributed by atoms with E-state index in [4.69, 9.17) is 4.74 Å². The van der Waals surface area contributed by atoms with Crippen molar-refractivity contribution in [2.24, 2.45) is 0 Å². The van der Waals surface area contributed by atoms with E-state index in [0.717, 1.165) is 12.8 Å². The van der Waals surface area contributed by atoms with Gasteiger partial charge in [-0.05, 0) is 30.4 Å². The molecule has 0 N–H and O–H groups in total. The fourth-order valence-electron chi connectivity index (χ4n) is 3.17. The van der Waals surface area contributed by atoms with Crippen LogP contribution in [0.2, 0.25) is 0 Å². The first-order valence-corrected chi connectivity index (χ1v) is 10.1. The maximum Gasteiger partial charge on any atom is 0.0611 e. The van der Waals surface area contributed by atoms with Gasteiger partial charge in [0.15, 0.2) is 0 Å². The number of ether oxygens (including phenoxy) is 1. The first kappa shape index (κ1) is 21.0. The van der Waals surface area contributed by atoms with E-state index in [9.17, 15) is 0 Å². The van der Waals surface area contributed by atoms with Crippen LogP contribution in [0.4, 0.5) is 0 Å². The second-order valence-electron chi connectivity index (χ2n) is 6.86. The molecule has 0 aromatic heterocycles. The Balaban J connectivity index is 2.42. The van der Waals surface area contributed by atoms with E-state index in [1.54, 1.807) is 0 Å². The lowest BCUT2D eigenvalue weighted by Crippen LogP contribution is -2.11. The third-order valence-electron chi connectivity index (χ3n) is 4.73. The number of methoxy groups -OCH3 is 1. The van der Waals surface area contributed by atoms with Gasteiger partial charge in [-0.1, -0.05) is 102 Å². The first-order valence-electron chi connectivity index (χ1n) is 10.1. The number of hydrogen-bond donors (Lipinski definition) is 0. The summed E-state index contributed by atoms with van der Waals surface area (Å²) in [6.45, 7) is 4.52. The van der Waals surface area contributed by atoms with E-state index >= 15 is 0 Å². The van der Waals surface area contributed by atoms with Crippen molar-refractivity contribution in [2.75, 3.05) is 7.11 Å². The van der Waals surface area contributed by atoms with Crippen molar-refractivity contribution in [1.82, 2.24) is 0 Å². The Hall–Kier alpha value is -1.08. The molecule has 0 amide bonds. The van der Waals surface area contributed by atoms with Crippen molar-refractivity contribution in [3.8, 4) is 0 Å². The quantitative estimate of drug-likeness (QED) is 0.322. The van der Waals surface area contributed by atoms with Gasteiger partial charge in [-0.25, -0.2) is 0 Å². The summed E-state index contributed by atoms with van der Waals surface area (Å²) in [5, 5.41) is 0. The lowest BCUT2D eigenvalue weighted by molar-refractivity contribution is 0.0970. The second kappa shape index (κ2) is 14.3. The van der Waals surface area contributed by atoms with Crippen LogP contribution >= 0.6 is 0 Å². The van der Waals surface area contributed by atoms with Crippen LogP contribution in [0.25, 0.3) is 5.57 Å². The van der Waals surface area contributed by atoms with Gasteiger partial charge >= 0.3 is 0 Å². The topological polar surface area (TPSA) is 9.23 Å². The van der Waals surface area contributed by atoms with Gasteiger partial charge < -0.3 is 4.74 Å². The molecule has 0 aliphatic rings. The Morgan fingerprint density at radius 1 is 0.917 bits per heavy atom. The van der Waals surface area contributed by atoms with Crippen LogP contribution in [0.1, 0.15) is 90.0 Å². The summed E-state index contributed by atoms with van der Waals surface area (Å²) in [4.78, 5) is 0. The van der Waals surface area contributed by atoms with Crippen LogP contribution in [0.5, 0.6) is 0 Å². The Morgan fingerprint density at radius 2 is 1.58 bits per heavy atom. The fraction of sp³-hybridized carbons (Fsp3) is 0.652. The Kier molecular flexibility index (Phi) is 12.5. The van der Waals surface area contributed by atoms with Gasteiger partial charge in [0.1, 0.15) is 0 Å². The number of hydrogen-bond acceptors (Lipinski definition) is 1. The highest BCUT2D eigenvalue weighted by Crippen LogP contribution is 2.24. The van der Waals surface area contributed by atoms with Gasteiger partial charge in [0.05, 0.1) is 6.10 Å². The highest BCUT2D eigenvalue weighted by atomic mass is 16.5. The minimum absolute atomic E-state index is 0.351. The smallest absolute Gasteiger partial charge is 0.0611 e. The van der Waals surface area contributed by atoms with E-state index < -0.39 is 0 Å². The van der Waals surface area contributed by atoms with Gasteiger partial charge in [-0.15, -0.1) is 0 Å². The molecule has 0 radical (unpaired) electrons. The summed E-state index contributed by atoms with van der Waals surface area (Å²) in [6, 6.07) is 10.8. The van der Waals surface area contributed by atoms with Gasteiger partial charge in [-0.2, -0.15) is 0 Å². The third kappa shape index (κ3) is 9.27. The zero-order chi connectivity index (χ0) is 17.5. The van der Waals surface area contributed by atoms with Crippen LogP contribution in [0.3, 0.4) is 0 Å². The van der Waals surface area contributed by atoms with Crippen molar-refractivity contribution in [1.29, 1.82) is 0 Å². The SMILES string of the molecule is CCC/C=C(/CC(CCCCCCCCC)OC)c1ccccc1. The lowest BCUT2D eigenvalue weighted by Gasteiger charge is -2.18. The Labute approximate surface area is 150 Å². The van der Waals surface area contributed by atoms with Crippen molar-refractivity contribution in [3.05, 3.63) is 42.0 Å². The zero-order valence-electron chi connectivity index (χ0n) is 16.2. The van der Waals surface area contributed by atoms with Gasteiger partial charge in [0, 0.05) is 7.11 Å². The molecule has 0 spiro atoms. The highest BCUT2D eigenvalue weighted by Gasteiger charge is 2.11. The summed E-state index contributed by atoms with van der Waals surface area (Å²) in [7, 11) is 1.87. The third-order valence-corrected chi connectivity index (χ3v) is 4.73. The van der Waals surface area contributed by atoms with Crippen molar-refractivity contribution in [2.45, 2.75) is 90.6 Å². The zero-order valence-corrected chi connectivity index (χ0v) is 16.2. The highest BCUT2D eigenvalue weighted by molar-refractivity contribution is 5.65. The molecular weight excluding hydrogens is 292 g/mol. The standard InChI is InChI=1S/C23H38O/c1-4-6-8-9-10-11-15-19-23(24-3)20-22(16-7-5-2)21-17-13-12-14-18-21/h12-14,16-18,23H,4-11,15,19-20H2,1-3H3/b22-16-. The van der Waals surface area contributed by atoms with Gasteiger partial charge in [0.25, 0.3) is 0 Å². The Bertz CT molecular complexity index is 421. The van der Waals surface area contributed by atoms with Crippen LogP contribution < -0.4 is 0 Å². The monoisotopic (exact) mass is 330 g/mol. The molecule has 0 heterocycles. The predicted molar refractivity (Wildman–Crippen MR) is 107 cm³/mol. The van der Waals surface area contributed by atoms with Crippen LogP contribution in [0, 0.1) is 0 Å². The average molecular weight is 331 g/mol. The maximum atomic E-state index is 5.79. The summed E-state index contributed by atoms with van der Waals surface area (Å²) >= 11 is 0. The van der Waals surface area contributed by atoms with E-state index in [0.29, 0.717) is 6.10 Å². The molecular formula is C23H38O. The molecule has 1 heteroatoms. The molecule has 0 saturated heterocycles. The molecule has 1 rings (SSSR count). The minimum Gasteiger partial charge on any atom is -0.381 e. The molecule has 0 aliphatic heterocycles. The predicted octanol–water partition coefficient (Wildman–Crippen LogP) is 7.42. The largest absolute Gasteiger partial charge is 0.381 e. The van der Waals surface area contributed by atoms with Crippen LogP contribution in [-0.2, 0) is 4.74 Å². The Morgan fingerprint density at radius 3 is 2.21 bits per heavy atom. The summed E-state index contributed by atoms with van der Waals surface area (Å²) in [6.07, 6.45) is 16.9. The number of rotatable bonds is 14. The average Bonchev–Trinajstić information content (AvgIpc) is 2.63. The summed E-state index contributed by atoms with van der Waals surface area (Å²) in [5.74, 6) is 0. The normalized spacial score (nSPS) is 13.2. The maximum absolute atomic E-state index is 5.79. The molecule has 0 saturated carbocycles. The van der Waals surface area contributed by atoms with Crippen molar-refractivity contribution in [3.63, 3.8) is 0 Å². The van der Waals surface area contributed by atoms with Gasteiger partial charge in [-0.3, -0.25) is 0 Å². The molecule has 136 valence electrons. The summed E-state index contributed by atoms with van der Waals surface area (Å²) < 4.78 is 5.79. The molecule has 1 nitrogen and oxygen atoms in total. The van der Waals surface area contributed by atoms with Crippen molar-refractivity contribution >= 4 is 5.57 Å². The molecule has 1 unspecified atom stereocenters. The molecule has 0 bridgehead atoms. The molecule has 24 heavy (non-hydrogen) atoms. The lowest BCUT2D eigenvalue weighted by atomic mass is 9.95. The molecule has 0 fully saturated rings. The fourth-order valence-corrected chi connectivity index (χ4v) is 3.17. The molecule has 1 aromatic carbocycles. The molecule has 0 aliphatic carbocycles. The molecule has 1 aromatic rings. The van der Waals surface area contributed by atoms with Crippen molar-refractivity contribution < 1.29 is 4.74 Å². The van der Waals surface area contributed by atoms with E-state index in [1.165, 1.54) is 68.9 Å². The van der Waals surface area contributed by atoms with Gasteiger partial charge in [0.2, 0.25) is 0 Å².